The van der Waals surface area contributed by atoms with Crippen LogP contribution < -0.4 is 20.7 Å². The molecule has 1 saturated heterocycles. The van der Waals surface area contributed by atoms with E-state index in [1.54, 1.807) is 13.2 Å². The molecule has 2 fully saturated rings. The molecule has 2 aliphatic rings. The van der Waals surface area contributed by atoms with Gasteiger partial charge in [-0.2, -0.15) is 0 Å². The number of hydrogen-bond donors (Lipinski definition) is 2. The van der Waals surface area contributed by atoms with Gasteiger partial charge >= 0.3 is 0 Å². The molecule has 0 aromatic heterocycles. The fourth-order valence-corrected chi connectivity index (χ4v) is 4.80. The lowest BCUT2D eigenvalue weighted by Crippen LogP contribution is -2.51. The van der Waals surface area contributed by atoms with Crippen LogP contribution in [0.15, 0.2) is 47.5 Å². The predicted octanol–water partition coefficient (Wildman–Crippen LogP) is 4.86. The molecule has 1 aliphatic heterocycles. The summed E-state index contributed by atoms with van der Waals surface area (Å²) in [4.78, 5) is 9.77. The zero-order valence-corrected chi connectivity index (χ0v) is 19.9. The van der Waals surface area contributed by atoms with E-state index in [9.17, 15) is 0 Å². The summed E-state index contributed by atoms with van der Waals surface area (Å²) in [7, 11) is 1.70. The number of guanidine groups is 1. The number of halogens is 2. The minimum absolute atomic E-state index is 0.0966. The molecule has 2 aromatic rings. The van der Waals surface area contributed by atoms with E-state index >= 15 is 0 Å². The van der Waals surface area contributed by atoms with Gasteiger partial charge in [0.25, 0.3) is 0 Å². The van der Waals surface area contributed by atoms with Gasteiger partial charge in [0, 0.05) is 49.0 Å². The van der Waals surface area contributed by atoms with Crippen LogP contribution in [0, 0.1) is 0 Å². The molecule has 1 aliphatic carbocycles. The number of nitrogens with two attached hydrogens (primary N) is 1. The van der Waals surface area contributed by atoms with Crippen molar-refractivity contribution in [2.24, 2.45) is 10.7 Å². The minimum atomic E-state index is 0.0966. The maximum atomic E-state index is 6.45. The molecular formula is C24H31Cl2N5O. The van der Waals surface area contributed by atoms with E-state index in [2.05, 4.69) is 27.2 Å². The first-order valence-electron chi connectivity index (χ1n) is 11.2. The monoisotopic (exact) mass is 475 g/mol. The Labute approximate surface area is 200 Å². The van der Waals surface area contributed by atoms with E-state index in [1.807, 2.05) is 24.3 Å². The number of piperazine rings is 1. The number of methoxy groups -OCH3 is 1. The highest BCUT2D eigenvalue weighted by Gasteiger charge is 2.26. The van der Waals surface area contributed by atoms with E-state index in [0.717, 1.165) is 56.4 Å². The Morgan fingerprint density at radius 1 is 1.06 bits per heavy atom. The molecular weight excluding hydrogens is 445 g/mol. The van der Waals surface area contributed by atoms with Gasteiger partial charge in [0.1, 0.15) is 5.75 Å². The van der Waals surface area contributed by atoms with Crippen molar-refractivity contribution in [3.8, 4) is 5.75 Å². The first-order valence-corrected chi connectivity index (χ1v) is 12.0. The van der Waals surface area contributed by atoms with Crippen LogP contribution in [0.3, 0.4) is 0 Å². The van der Waals surface area contributed by atoms with Crippen LogP contribution in [0.4, 0.5) is 11.4 Å². The van der Waals surface area contributed by atoms with Crippen LogP contribution in [0.25, 0.3) is 0 Å². The molecule has 4 rings (SSSR count). The number of benzene rings is 2. The highest BCUT2D eigenvalue weighted by Crippen LogP contribution is 2.27. The normalized spacial score (nSPS) is 22.1. The van der Waals surface area contributed by atoms with Gasteiger partial charge in [-0.25, -0.2) is 4.99 Å². The molecule has 0 unspecified atom stereocenters. The van der Waals surface area contributed by atoms with Gasteiger partial charge in [0.15, 0.2) is 5.96 Å². The number of nitrogens with one attached hydrogen (secondary N) is 1. The molecule has 1 saturated carbocycles. The Bertz CT molecular complexity index is 946. The number of hydrogen-bond acceptors (Lipinski definition) is 4. The lowest BCUT2D eigenvalue weighted by atomic mass is 9.91. The lowest BCUT2D eigenvalue weighted by Gasteiger charge is -2.38. The summed E-state index contributed by atoms with van der Waals surface area (Å²) in [6, 6.07) is 13.9. The standard InChI is InChI=1S/C24H31Cl2N5O/c1-32-19-6-4-5-18(16-19)30-11-13-31(14-12-30)24(29-23-8-3-2-7-21(23)27)28-22-10-9-17(25)15-20(22)26/h4-6,9-10,15-16,21,23H,2-3,7-8,11-14,27H2,1H3,(H,28,29)/t21-,23-/m0/s1. The Morgan fingerprint density at radius 2 is 1.84 bits per heavy atom. The van der Waals surface area contributed by atoms with Gasteiger partial charge in [-0.1, -0.05) is 42.1 Å². The Morgan fingerprint density at radius 3 is 2.56 bits per heavy atom. The highest BCUT2D eigenvalue weighted by molar-refractivity contribution is 6.36. The molecule has 32 heavy (non-hydrogen) atoms. The second-order valence-electron chi connectivity index (χ2n) is 8.39. The summed E-state index contributed by atoms with van der Waals surface area (Å²) in [5.41, 5.74) is 8.38. The third-order valence-electron chi connectivity index (χ3n) is 6.24. The fourth-order valence-electron chi connectivity index (χ4n) is 4.35. The van der Waals surface area contributed by atoms with Crippen molar-refractivity contribution in [2.75, 3.05) is 43.5 Å². The van der Waals surface area contributed by atoms with E-state index < -0.39 is 0 Å². The molecule has 1 heterocycles. The zero-order chi connectivity index (χ0) is 22.5. The van der Waals surface area contributed by atoms with E-state index in [-0.39, 0.29) is 12.1 Å². The van der Waals surface area contributed by atoms with E-state index in [4.69, 9.17) is 38.7 Å². The van der Waals surface area contributed by atoms with Crippen LogP contribution in [-0.4, -0.2) is 56.2 Å². The zero-order valence-electron chi connectivity index (χ0n) is 18.4. The van der Waals surface area contributed by atoms with Crippen molar-refractivity contribution in [3.05, 3.63) is 52.5 Å². The quantitative estimate of drug-likeness (QED) is 0.487. The van der Waals surface area contributed by atoms with Crippen molar-refractivity contribution < 1.29 is 4.74 Å². The molecule has 8 heteroatoms. The van der Waals surface area contributed by atoms with Crippen LogP contribution in [0.5, 0.6) is 5.75 Å². The smallest absolute Gasteiger partial charge is 0.198 e. The van der Waals surface area contributed by atoms with E-state index in [0.29, 0.717) is 10.0 Å². The van der Waals surface area contributed by atoms with Gasteiger partial charge in [-0.05, 0) is 43.2 Å². The lowest BCUT2D eigenvalue weighted by molar-refractivity contribution is 0.360. The van der Waals surface area contributed by atoms with E-state index in [1.165, 1.54) is 18.5 Å². The first kappa shape index (κ1) is 23.0. The van der Waals surface area contributed by atoms with Crippen LogP contribution in [0.1, 0.15) is 25.7 Å². The predicted molar refractivity (Wildman–Crippen MR) is 135 cm³/mol. The summed E-state index contributed by atoms with van der Waals surface area (Å²) < 4.78 is 5.39. The number of nitrogens with zero attached hydrogens (tertiary/aromatic N) is 3. The average molecular weight is 476 g/mol. The van der Waals surface area contributed by atoms with Gasteiger partial charge < -0.3 is 25.6 Å². The summed E-state index contributed by atoms with van der Waals surface area (Å²) in [6.45, 7) is 3.46. The maximum absolute atomic E-state index is 6.45. The van der Waals surface area contributed by atoms with Crippen LogP contribution in [-0.2, 0) is 0 Å². The number of aliphatic imine (C=N–C) groups is 1. The van der Waals surface area contributed by atoms with Gasteiger partial charge in [0.2, 0.25) is 0 Å². The van der Waals surface area contributed by atoms with Crippen molar-refractivity contribution in [3.63, 3.8) is 0 Å². The molecule has 2 atom stereocenters. The number of ether oxygens (including phenoxy) is 1. The second-order valence-corrected chi connectivity index (χ2v) is 9.24. The number of anilines is 2. The Hall–Kier alpha value is -2.15. The summed E-state index contributed by atoms with van der Waals surface area (Å²) in [5.74, 6) is 1.71. The second kappa shape index (κ2) is 10.6. The van der Waals surface area contributed by atoms with Gasteiger partial charge in [-0.3, -0.25) is 0 Å². The molecule has 0 spiro atoms. The van der Waals surface area contributed by atoms with Crippen molar-refractivity contribution in [2.45, 2.75) is 37.8 Å². The average Bonchev–Trinajstić information content (AvgIpc) is 2.82. The summed E-state index contributed by atoms with van der Waals surface area (Å²) in [6.07, 6.45) is 4.38. The first-order chi connectivity index (χ1) is 15.5. The molecule has 0 bridgehead atoms. The maximum Gasteiger partial charge on any atom is 0.198 e. The van der Waals surface area contributed by atoms with Crippen molar-refractivity contribution in [1.29, 1.82) is 0 Å². The highest BCUT2D eigenvalue weighted by atomic mass is 35.5. The topological polar surface area (TPSA) is 66.1 Å². The van der Waals surface area contributed by atoms with Crippen molar-refractivity contribution >= 4 is 40.5 Å². The summed E-state index contributed by atoms with van der Waals surface area (Å²) >= 11 is 12.5. The van der Waals surface area contributed by atoms with Crippen LogP contribution >= 0.6 is 23.2 Å². The molecule has 2 aromatic carbocycles. The molecule has 6 nitrogen and oxygen atoms in total. The summed E-state index contributed by atoms with van der Waals surface area (Å²) in [5, 5.41) is 4.66. The van der Waals surface area contributed by atoms with Gasteiger partial charge in [-0.15, -0.1) is 0 Å². The fraction of sp³-hybridized carbons (Fsp3) is 0.458. The largest absolute Gasteiger partial charge is 0.497 e. The van der Waals surface area contributed by atoms with Crippen molar-refractivity contribution in [1.82, 2.24) is 4.90 Å². The molecule has 172 valence electrons. The minimum Gasteiger partial charge on any atom is -0.497 e. The third-order valence-corrected chi connectivity index (χ3v) is 6.79. The Kier molecular flexibility index (Phi) is 7.66. The molecule has 0 radical (unpaired) electrons. The molecule has 3 N–H and O–H groups in total. The number of rotatable bonds is 4. The van der Waals surface area contributed by atoms with Crippen LogP contribution in [0.2, 0.25) is 10.0 Å². The molecule has 0 amide bonds. The SMILES string of the molecule is COc1cccc(N2CCN(C(=N[C@H]3CCCC[C@@H]3N)Nc3ccc(Cl)cc3Cl)CC2)c1. The Balaban J connectivity index is 1.52. The van der Waals surface area contributed by atoms with Gasteiger partial charge in [0.05, 0.1) is 23.9 Å². The third kappa shape index (κ3) is 5.61.